The van der Waals surface area contributed by atoms with E-state index in [1.54, 1.807) is 6.07 Å². The van der Waals surface area contributed by atoms with E-state index < -0.39 is 0 Å². The molecule has 2 aromatic carbocycles. The average Bonchev–Trinajstić information content (AvgIpc) is 2.73. The van der Waals surface area contributed by atoms with Crippen LogP contribution in [0.15, 0.2) is 47.5 Å². The molecule has 0 bridgehead atoms. The zero-order valence-electron chi connectivity index (χ0n) is 16.5. The number of hydrogen-bond donors (Lipinski definition) is 1. The molecule has 0 spiro atoms. The van der Waals surface area contributed by atoms with Gasteiger partial charge in [0, 0.05) is 13.0 Å². The molecular weight excluding hydrogens is 370 g/mol. The summed E-state index contributed by atoms with van der Waals surface area (Å²) in [5.74, 6) is 1.28. The topological polar surface area (TPSA) is 82.5 Å². The van der Waals surface area contributed by atoms with Crippen molar-refractivity contribution in [1.82, 2.24) is 14.9 Å². The molecule has 29 heavy (non-hydrogen) atoms. The van der Waals surface area contributed by atoms with E-state index in [9.17, 15) is 9.59 Å². The maximum atomic E-state index is 12.6. The molecule has 0 aliphatic carbocycles. The summed E-state index contributed by atoms with van der Waals surface area (Å²) in [6.45, 7) is 5.17. The molecule has 1 aliphatic heterocycles. The molecule has 0 radical (unpaired) electrons. The lowest BCUT2D eigenvalue weighted by molar-refractivity contribution is -0.121. The van der Waals surface area contributed by atoms with Crippen LogP contribution in [0.3, 0.4) is 0 Å². The molecule has 2 heterocycles. The zero-order chi connectivity index (χ0) is 20.4. The molecule has 3 aromatic rings. The van der Waals surface area contributed by atoms with Crippen LogP contribution < -0.4 is 20.3 Å². The van der Waals surface area contributed by atoms with E-state index in [4.69, 9.17) is 9.47 Å². The number of hydrogen-bond acceptors (Lipinski definition) is 5. The summed E-state index contributed by atoms with van der Waals surface area (Å²) in [6, 6.07) is 11.0. The first kappa shape index (κ1) is 19.0. The summed E-state index contributed by atoms with van der Waals surface area (Å²) in [5, 5.41) is 3.54. The average molecular weight is 393 g/mol. The first-order chi connectivity index (χ1) is 14.0. The molecule has 7 nitrogen and oxygen atoms in total. The molecular formula is C22H23N3O4. The van der Waals surface area contributed by atoms with Crippen molar-refractivity contribution in [3.8, 4) is 11.5 Å². The van der Waals surface area contributed by atoms with Crippen molar-refractivity contribution in [2.24, 2.45) is 0 Å². The number of amides is 1. The minimum Gasteiger partial charge on any atom is -0.486 e. The number of carbonyl (C=O) groups excluding carboxylic acids is 1. The van der Waals surface area contributed by atoms with E-state index in [2.05, 4.69) is 10.3 Å². The van der Waals surface area contributed by atoms with Crippen molar-refractivity contribution in [3.05, 3.63) is 64.2 Å². The molecule has 150 valence electrons. The molecule has 1 aliphatic rings. The Morgan fingerprint density at radius 2 is 2.00 bits per heavy atom. The van der Waals surface area contributed by atoms with Gasteiger partial charge in [0.15, 0.2) is 11.5 Å². The van der Waals surface area contributed by atoms with Crippen LogP contribution >= 0.6 is 0 Å². The summed E-state index contributed by atoms with van der Waals surface area (Å²) < 4.78 is 12.6. The minimum absolute atomic E-state index is 0.133. The van der Waals surface area contributed by atoms with Crippen molar-refractivity contribution < 1.29 is 14.3 Å². The molecule has 1 unspecified atom stereocenters. The quantitative estimate of drug-likeness (QED) is 0.721. The van der Waals surface area contributed by atoms with E-state index >= 15 is 0 Å². The number of nitrogens with zero attached hydrogens (tertiary/aromatic N) is 2. The van der Waals surface area contributed by atoms with Crippen molar-refractivity contribution in [3.63, 3.8) is 0 Å². The second-order valence-corrected chi connectivity index (χ2v) is 7.16. The van der Waals surface area contributed by atoms with Gasteiger partial charge in [-0.15, -0.1) is 0 Å². The smallest absolute Gasteiger partial charge is 0.261 e. The lowest BCUT2D eigenvalue weighted by Gasteiger charge is -2.21. The molecule has 1 aromatic heterocycles. The summed E-state index contributed by atoms with van der Waals surface area (Å²) in [5.41, 5.74) is 2.46. The largest absolute Gasteiger partial charge is 0.486 e. The fraction of sp³-hybridized carbons (Fsp3) is 0.318. The lowest BCUT2D eigenvalue weighted by Crippen LogP contribution is -2.29. The van der Waals surface area contributed by atoms with Gasteiger partial charge < -0.3 is 14.8 Å². The summed E-state index contributed by atoms with van der Waals surface area (Å²) in [7, 11) is 0. The van der Waals surface area contributed by atoms with Gasteiger partial charge in [-0.1, -0.05) is 18.2 Å². The summed E-state index contributed by atoms with van der Waals surface area (Å²) in [6.07, 6.45) is 1.70. The van der Waals surface area contributed by atoms with Crippen molar-refractivity contribution in [2.75, 3.05) is 13.2 Å². The molecule has 0 saturated heterocycles. The maximum absolute atomic E-state index is 12.6. The van der Waals surface area contributed by atoms with Crippen LogP contribution in [0.1, 0.15) is 30.5 Å². The molecule has 0 saturated carbocycles. The highest BCUT2D eigenvalue weighted by Crippen LogP contribution is 2.32. The van der Waals surface area contributed by atoms with Crippen LogP contribution in [0.4, 0.5) is 0 Å². The van der Waals surface area contributed by atoms with Gasteiger partial charge in [-0.3, -0.25) is 14.2 Å². The minimum atomic E-state index is -0.188. The highest BCUT2D eigenvalue weighted by atomic mass is 16.6. The fourth-order valence-corrected chi connectivity index (χ4v) is 3.45. The predicted molar refractivity (Wildman–Crippen MR) is 109 cm³/mol. The van der Waals surface area contributed by atoms with Gasteiger partial charge in [0.1, 0.15) is 13.2 Å². The van der Waals surface area contributed by atoms with Crippen molar-refractivity contribution >= 4 is 16.8 Å². The molecule has 1 amide bonds. The third kappa shape index (κ3) is 3.94. The standard InChI is InChI=1S/C22H23N3O4/c1-14-4-3-5-17-21(14)23-13-25(22(17)27)9-8-20(26)24-15(2)16-6-7-18-19(12-16)29-11-10-28-18/h3-7,12-13,15H,8-11H2,1-2H3,(H,24,26). The predicted octanol–water partition coefficient (Wildman–Crippen LogP) is 2.74. The van der Waals surface area contributed by atoms with Gasteiger partial charge in [-0.2, -0.15) is 0 Å². The van der Waals surface area contributed by atoms with E-state index in [-0.39, 0.29) is 30.5 Å². The van der Waals surface area contributed by atoms with E-state index in [0.717, 1.165) is 16.9 Å². The first-order valence-corrected chi connectivity index (χ1v) is 9.66. The van der Waals surface area contributed by atoms with Crippen LogP contribution in [0.2, 0.25) is 0 Å². The molecule has 1 atom stereocenters. The number of carbonyl (C=O) groups is 1. The monoisotopic (exact) mass is 393 g/mol. The Morgan fingerprint density at radius 3 is 2.83 bits per heavy atom. The van der Waals surface area contributed by atoms with Gasteiger partial charge in [0.2, 0.25) is 5.91 Å². The third-order valence-corrected chi connectivity index (χ3v) is 5.08. The van der Waals surface area contributed by atoms with Crippen molar-refractivity contribution in [1.29, 1.82) is 0 Å². The Hall–Kier alpha value is -3.35. The second-order valence-electron chi connectivity index (χ2n) is 7.16. The van der Waals surface area contributed by atoms with Crippen molar-refractivity contribution in [2.45, 2.75) is 32.9 Å². The first-order valence-electron chi connectivity index (χ1n) is 9.66. The number of ether oxygens (including phenoxy) is 2. The number of aryl methyl sites for hydroxylation is 2. The number of rotatable bonds is 5. The van der Waals surface area contributed by atoms with Gasteiger partial charge in [-0.25, -0.2) is 4.98 Å². The normalized spacial score (nSPS) is 13.9. The molecule has 4 rings (SSSR count). The van der Waals surface area contributed by atoms with Crippen LogP contribution in [0.25, 0.3) is 10.9 Å². The van der Waals surface area contributed by atoms with Gasteiger partial charge in [0.05, 0.1) is 23.3 Å². The van der Waals surface area contributed by atoms with Crippen LogP contribution in [-0.4, -0.2) is 28.7 Å². The van der Waals surface area contributed by atoms with E-state index in [0.29, 0.717) is 29.9 Å². The van der Waals surface area contributed by atoms with Gasteiger partial charge in [0.25, 0.3) is 5.56 Å². The Morgan fingerprint density at radius 1 is 1.21 bits per heavy atom. The van der Waals surface area contributed by atoms with Crippen LogP contribution in [-0.2, 0) is 11.3 Å². The Balaban J connectivity index is 1.41. The fourth-order valence-electron chi connectivity index (χ4n) is 3.45. The third-order valence-electron chi connectivity index (χ3n) is 5.08. The Bertz CT molecular complexity index is 1120. The molecule has 1 N–H and O–H groups in total. The Labute approximate surface area is 168 Å². The van der Waals surface area contributed by atoms with Crippen LogP contribution in [0, 0.1) is 6.92 Å². The van der Waals surface area contributed by atoms with E-state index in [1.807, 2.05) is 44.2 Å². The number of nitrogens with one attached hydrogen (secondary N) is 1. The number of para-hydroxylation sites is 1. The highest BCUT2D eigenvalue weighted by Gasteiger charge is 2.16. The second kappa shape index (κ2) is 7.95. The lowest BCUT2D eigenvalue weighted by atomic mass is 10.1. The molecule has 7 heteroatoms. The summed E-state index contributed by atoms with van der Waals surface area (Å²) >= 11 is 0. The number of benzene rings is 2. The maximum Gasteiger partial charge on any atom is 0.261 e. The number of aromatic nitrogens is 2. The Kier molecular flexibility index (Phi) is 5.20. The molecule has 0 fully saturated rings. The van der Waals surface area contributed by atoms with Gasteiger partial charge >= 0.3 is 0 Å². The van der Waals surface area contributed by atoms with Gasteiger partial charge in [-0.05, 0) is 43.2 Å². The van der Waals surface area contributed by atoms with Crippen LogP contribution in [0.5, 0.6) is 11.5 Å². The van der Waals surface area contributed by atoms with E-state index in [1.165, 1.54) is 10.9 Å². The summed E-state index contributed by atoms with van der Waals surface area (Å²) in [4.78, 5) is 29.4. The SMILES string of the molecule is Cc1cccc2c(=O)n(CCC(=O)NC(C)c3ccc4c(c3)OCCO4)cnc12. The zero-order valence-corrected chi connectivity index (χ0v) is 16.5. The highest BCUT2D eigenvalue weighted by molar-refractivity contribution is 5.80. The number of fused-ring (bicyclic) bond motifs is 2.